The maximum Gasteiger partial charge on any atom is 0.330 e. The minimum Gasteiger partial charge on any atom is -0.478 e. The van der Waals surface area contributed by atoms with Gasteiger partial charge in [0.15, 0.2) is 0 Å². The van der Waals surface area contributed by atoms with Crippen molar-refractivity contribution in [1.82, 2.24) is 0 Å². The van der Waals surface area contributed by atoms with Crippen LogP contribution < -0.4 is 0 Å². The minimum absolute atomic E-state index is 0.176. The van der Waals surface area contributed by atoms with Crippen LogP contribution in [0.25, 0.3) is 0 Å². The van der Waals surface area contributed by atoms with Crippen LogP contribution >= 0.6 is 0 Å². The molecule has 0 rings (SSSR count). The van der Waals surface area contributed by atoms with Crippen LogP contribution in [-0.4, -0.2) is 43.6 Å². The van der Waals surface area contributed by atoms with Crippen LogP contribution in [0.5, 0.6) is 0 Å². The van der Waals surface area contributed by atoms with Gasteiger partial charge in [-0.1, -0.05) is 13.2 Å². The minimum atomic E-state index is -1.01. The van der Waals surface area contributed by atoms with E-state index < -0.39 is 23.1 Å². The van der Waals surface area contributed by atoms with E-state index in [-0.39, 0.29) is 11.1 Å². The quantitative estimate of drug-likeness (QED) is 0.589. The molecular weight excluding hydrogens is 264 g/mol. The van der Waals surface area contributed by atoms with E-state index in [4.69, 9.17) is 20.4 Å². The van der Waals surface area contributed by atoms with Gasteiger partial charge in [-0.25, -0.2) is 9.59 Å². The average Bonchev–Trinajstić information content (AvgIpc) is 2.15. The van der Waals surface area contributed by atoms with Crippen molar-refractivity contribution in [3.63, 3.8) is 0 Å². The molecule has 0 aromatic carbocycles. The van der Waals surface area contributed by atoms with E-state index in [1.165, 1.54) is 13.8 Å². The number of rotatable bonds is 3. The van der Waals surface area contributed by atoms with Crippen molar-refractivity contribution in [2.75, 3.05) is 0 Å². The first-order valence-electron chi connectivity index (χ1n) is 5.76. The van der Waals surface area contributed by atoms with Crippen LogP contribution in [-0.2, 0) is 9.59 Å². The van der Waals surface area contributed by atoms with E-state index in [2.05, 4.69) is 13.2 Å². The molecule has 118 valence electrons. The number of carbonyl (C=O) groups is 2. The van der Waals surface area contributed by atoms with E-state index in [1.54, 1.807) is 27.7 Å². The van der Waals surface area contributed by atoms with Crippen molar-refractivity contribution in [1.29, 1.82) is 0 Å². The molecule has 4 N–H and O–H groups in total. The fraction of sp³-hybridized carbons (Fsp3) is 0.571. The molecule has 20 heavy (non-hydrogen) atoms. The summed E-state index contributed by atoms with van der Waals surface area (Å²) < 4.78 is 0. The van der Waals surface area contributed by atoms with Crippen LogP contribution in [0, 0.1) is 0 Å². The summed E-state index contributed by atoms with van der Waals surface area (Å²) in [6, 6.07) is 0. The van der Waals surface area contributed by atoms with Gasteiger partial charge in [-0.2, -0.15) is 0 Å². The first-order valence-corrected chi connectivity index (χ1v) is 5.76. The Morgan fingerprint density at radius 1 is 0.750 bits per heavy atom. The molecule has 6 nitrogen and oxygen atoms in total. The van der Waals surface area contributed by atoms with E-state index >= 15 is 0 Å². The summed E-state index contributed by atoms with van der Waals surface area (Å²) in [5, 5.41) is 34.0. The SMILES string of the molecule is C=C(C)C(=O)O.C=C(C)C(=O)O.CC(C)(O)C(C)(C)O. The smallest absolute Gasteiger partial charge is 0.330 e. The van der Waals surface area contributed by atoms with Gasteiger partial charge in [0.05, 0.1) is 11.2 Å². The lowest BCUT2D eigenvalue weighted by Crippen LogP contribution is -2.44. The van der Waals surface area contributed by atoms with Crippen molar-refractivity contribution in [3.8, 4) is 0 Å². The van der Waals surface area contributed by atoms with Gasteiger partial charge in [0, 0.05) is 11.1 Å². The highest BCUT2D eigenvalue weighted by Crippen LogP contribution is 2.19. The number of carboxylic acids is 2. The average molecular weight is 290 g/mol. The molecule has 0 saturated carbocycles. The van der Waals surface area contributed by atoms with Gasteiger partial charge in [0.1, 0.15) is 0 Å². The molecule has 0 aromatic rings. The topological polar surface area (TPSA) is 115 Å². The zero-order chi connectivity index (χ0) is 17.3. The van der Waals surface area contributed by atoms with Crippen LogP contribution in [0.2, 0.25) is 0 Å². The van der Waals surface area contributed by atoms with E-state index in [1.807, 2.05) is 0 Å². The molecule has 0 atom stereocenters. The van der Waals surface area contributed by atoms with Gasteiger partial charge in [0.2, 0.25) is 0 Å². The molecule has 0 heterocycles. The largest absolute Gasteiger partial charge is 0.478 e. The summed E-state index contributed by atoms with van der Waals surface area (Å²) in [7, 11) is 0. The van der Waals surface area contributed by atoms with Crippen molar-refractivity contribution in [2.45, 2.75) is 52.7 Å². The Morgan fingerprint density at radius 3 is 0.850 bits per heavy atom. The van der Waals surface area contributed by atoms with Crippen molar-refractivity contribution < 1.29 is 30.0 Å². The third-order valence-electron chi connectivity index (χ3n) is 2.23. The third-order valence-corrected chi connectivity index (χ3v) is 2.23. The highest BCUT2D eigenvalue weighted by Gasteiger charge is 2.31. The second-order valence-corrected chi connectivity index (χ2v) is 5.29. The van der Waals surface area contributed by atoms with Gasteiger partial charge in [-0.05, 0) is 41.5 Å². The lowest BCUT2D eigenvalue weighted by molar-refractivity contribution is -0.133. The van der Waals surface area contributed by atoms with Crippen LogP contribution in [0.15, 0.2) is 24.3 Å². The molecular formula is C14H26O6. The van der Waals surface area contributed by atoms with Crippen molar-refractivity contribution >= 4 is 11.9 Å². The van der Waals surface area contributed by atoms with E-state index in [9.17, 15) is 9.59 Å². The third kappa shape index (κ3) is 16.3. The molecule has 0 bridgehead atoms. The highest BCUT2D eigenvalue weighted by atomic mass is 16.4. The van der Waals surface area contributed by atoms with Gasteiger partial charge < -0.3 is 20.4 Å². The van der Waals surface area contributed by atoms with Gasteiger partial charge in [-0.3, -0.25) is 0 Å². The van der Waals surface area contributed by atoms with Crippen molar-refractivity contribution in [2.24, 2.45) is 0 Å². The molecule has 0 amide bonds. The lowest BCUT2D eigenvalue weighted by Gasteiger charge is -2.31. The standard InChI is InChI=1S/C6H14O2.2C4H6O2/c1-5(2,7)6(3,4)8;2*1-3(2)4(5)6/h7-8H,1-4H3;2*1H2,2H3,(H,5,6). The predicted octanol–water partition coefficient (Wildman–Crippen LogP) is 1.82. The van der Waals surface area contributed by atoms with Crippen molar-refractivity contribution in [3.05, 3.63) is 24.3 Å². The first kappa shape index (κ1) is 23.4. The van der Waals surface area contributed by atoms with E-state index in [0.717, 1.165) is 0 Å². The second-order valence-electron chi connectivity index (χ2n) is 5.29. The summed E-state index contributed by atoms with van der Waals surface area (Å²) >= 11 is 0. The Hall–Kier alpha value is -1.66. The summed E-state index contributed by atoms with van der Waals surface area (Å²) in [5.41, 5.74) is -1.66. The first-order chi connectivity index (χ1) is 8.54. The Morgan fingerprint density at radius 2 is 0.850 bits per heavy atom. The fourth-order valence-electron chi connectivity index (χ4n) is 0. The molecule has 6 heteroatoms. The Bertz CT molecular complexity index is 295. The summed E-state index contributed by atoms with van der Waals surface area (Å²) in [4.78, 5) is 19.2. The maximum atomic E-state index is 9.60. The van der Waals surface area contributed by atoms with E-state index in [0.29, 0.717) is 0 Å². The number of hydrogen-bond donors (Lipinski definition) is 4. The molecule has 0 radical (unpaired) electrons. The zero-order valence-electron chi connectivity index (χ0n) is 13.0. The summed E-state index contributed by atoms with van der Waals surface area (Å²) in [6.07, 6.45) is 0. The highest BCUT2D eigenvalue weighted by molar-refractivity contribution is 5.85. The monoisotopic (exact) mass is 290 g/mol. The second kappa shape index (κ2) is 9.28. The Labute approximate surface area is 120 Å². The lowest BCUT2D eigenvalue weighted by atomic mass is 9.90. The molecule has 0 spiro atoms. The molecule has 0 fully saturated rings. The number of carboxylic acid groups (broad SMARTS) is 2. The van der Waals surface area contributed by atoms with Crippen LogP contribution in [0.3, 0.4) is 0 Å². The Balaban J connectivity index is -0.000000221. The number of hydrogen-bond acceptors (Lipinski definition) is 4. The van der Waals surface area contributed by atoms with Gasteiger partial charge in [0.25, 0.3) is 0 Å². The summed E-state index contributed by atoms with van der Waals surface area (Å²) in [5.74, 6) is -1.87. The normalized spacial score (nSPS) is 10.2. The van der Waals surface area contributed by atoms with Crippen LogP contribution in [0.4, 0.5) is 0 Å². The summed E-state index contributed by atoms with van der Waals surface area (Å²) in [6.45, 7) is 15.5. The molecule has 0 aliphatic rings. The maximum absolute atomic E-state index is 9.60. The molecule has 0 aliphatic heterocycles. The number of aliphatic hydroxyl groups is 2. The fourth-order valence-corrected chi connectivity index (χ4v) is 0. The molecule has 0 saturated heterocycles. The zero-order valence-corrected chi connectivity index (χ0v) is 13.0. The molecule has 0 aliphatic carbocycles. The Kier molecular flexibility index (Phi) is 10.9. The number of aliphatic carboxylic acids is 2. The predicted molar refractivity (Wildman–Crippen MR) is 77.5 cm³/mol. The van der Waals surface area contributed by atoms with Gasteiger partial charge in [-0.15, -0.1) is 0 Å². The van der Waals surface area contributed by atoms with Gasteiger partial charge >= 0.3 is 11.9 Å². The van der Waals surface area contributed by atoms with Crippen LogP contribution in [0.1, 0.15) is 41.5 Å². The molecule has 0 aromatic heterocycles. The molecule has 0 unspecified atom stereocenters.